The van der Waals surface area contributed by atoms with E-state index in [2.05, 4.69) is 14.8 Å². The highest BCUT2D eigenvalue weighted by Crippen LogP contribution is 2.20. The highest BCUT2D eigenvalue weighted by molar-refractivity contribution is 5.80. The molecule has 0 heterocycles. The second-order valence-corrected chi connectivity index (χ2v) is 3.94. The van der Waals surface area contributed by atoms with E-state index in [9.17, 15) is 4.79 Å². The first-order valence-corrected chi connectivity index (χ1v) is 5.31. The van der Waals surface area contributed by atoms with Gasteiger partial charge in [-0.1, -0.05) is 35.4 Å². The van der Waals surface area contributed by atoms with Crippen molar-refractivity contribution in [2.75, 3.05) is 7.11 Å². The summed E-state index contributed by atoms with van der Waals surface area (Å²) in [4.78, 5) is 14.3. The number of azide groups is 1. The predicted molar refractivity (Wildman–Crippen MR) is 64.3 cm³/mol. The zero-order valence-corrected chi connectivity index (χ0v) is 9.96. The molecule has 0 fully saturated rings. The van der Waals surface area contributed by atoms with Crippen molar-refractivity contribution in [2.24, 2.45) is 5.11 Å². The van der Waals surface area contributed by atoms with E-state index in [4.69, 9.17) is 5.53 Å². The fraction of sp³-hybridized carbons (Fsp3) is 0.417. The molecular formula is C12H15N3O2. The van der Waals surface area contributed by atoms with Crippen LogP contribution < -0.4 is 0 Å². The summed E-state index contributed by atoms with van der Waals surface area (Å²) >= 11 is 0. The fourth-order valence-corrected chi connectivity index (χ4v) is 1.54. The molecule has 1 rings (SSSR count). The van der Waals surface area contributed by atoms with E-state index in [0.29, 0.717) is 12.8 Å². The Bertz CT molecular complexity index is 427. The number of carbonyl (C=O) groups is 1. The molecule has 0 aliphatic heterocycles. The van der Waals surface area contributed by atoms with E-state index in [1.54, 1.807) is 6.92 Å². The summed E-state index contributed by atoms with van der Waals surface area (Å²) in [6.45, 7) is 1.58. The molecule has 0 aliphatic rings. The zero-order chi connectivity index (χ0) is 12.7. The number of nitrogens with zero attached hydrogens (tertiary/aromatic N) is 3. The van der Waals surface area contributed by atoms with E-state index in [0.717, 1.165) is 5.56 Å². The van der Waals surface area contributed by atoms with Gasteiger partial charge in [-0.15, -0.1) is 0 Å². The first-order chi connectivity index (χ1) is 8.12. The molecule has 0 aromatic heterocycles. The van der Waals surface area contributed by atoms with Crippen molar-refractivity contribution in [1.29, 1.82) is 0 Å². The van der Waals surface area contributed by atoms with Gasteiger partial charge in [-0.25, -0.2) is 0 Å². The molecule has 5 nitrogen and oxygen atoms in total. The lowest BCUT2D eigenvalue weighted by Crippen LogP contribution is -2.34. The van der Waals surface area contributed by atoms with Crippen molar-refractivity contribution < 1.29 is 9.53 Å². The van der Waals surface area contributed by atoms with Crippen molar-refractivity contribution in [2.45, 2.75) is 25.3 Å². The van der Waals surface area contributed by atoms with Crippen LogP contribution in [0.3, 0.4) is 0 Å². The predicted octanol–water partition coefficient (Wildman–Crippen LogP) is 2.86. The molecule has 17 heavy (non-hydrogen) atoms. The Balaban J connectivity index is 2.75. The van der Waals surface area contributed by atoms with Gasteiger partial charge in [0.25, 0.3) is 0 Å². The maximum Gasteiger partial charge on any atom is 0.317 e. The topological polar surface area (TPSA) is 75.1 Å². The van der Waals surface area contributed by atoms with Crippen molar-refractivity contribution in [3.05, 3.63) is 46.3 Å². The summed E-state index contributed by atoms with van der Waals surface area (Å²) in [5.74, 6) is -0.508. The van der Waals surface area contributed by atoms with Gasteiger partial charge in [0.2, 0.25) is 0 Å². The standard InChI is InChI=1S/C12H15N3O2/c1-12(14-15-13,11(16)17-2)9-8-10-6-4-3-5-7-10/h3-7H,8-9H2,1-2H3/t12-/m0/s1. The number of hydrogen-bond acceptors (Lipinski definition) is 3. The summed E-state index contributed by atoms with van der Waals surface area (Å²) in [5, 5.41) is 3.55. The van der Waals surface area contributed by atoms with Crippen LogP contribution in [0.25, 0.3) is 10.4 Å². The number of benzene rings is 1. The first-order valence-electron chi connectivity index (χ1n) is 5.31. The highest BCUT2D eigenvalue weighted by atomic mass is 16.5. The van der Waals surface area contributed by atoms with E-state index in [-0.39, 0.29) is 0 Å². The van der Waals surface area contributed by atoms with Crippen LogP contribution in [0.4, 0.5) is 0 Å². The lowest BCUT2D eigenvalue weighted by Gasteiger charge is -2.20. The monoisotopic (exact) mass is 233 g/mol. The second kappa shape index (κ2) is 5.92. The Labute approximate surface area is 100 Å². The van der Waals surface area contributed by atoms with Gasteiger partial charge < -0.3 is 4.74 Å². The second-order valence-electron chi connectivity index (χ2n) is 3.94. The van der Waals surface area contributed by atoms with Crippen LogP contribution in [-0.4, -0.2) is 18.6 Å². The molecule has 0 amide bonds. The Morgan fingerprint density at radius 3 is 2.65 bits per heavy atom. The number of aryl methyl sites for hydroxylation is 1. The fourth-order valence-electron chi connectivity index (χ4n) is 1.54. The number of rotatable bonds is 5. The first kappa shape index (κ1) is 13.1. The third-order valence-electron chi connectivity index (χ3n) is 2.63. The van der Waals surface area contributed by atoms with Crippen LogP contribution in [0.1, 0.15) is 18.9 Å². The summed E-state index contributed by atoms with van der Waals surface area (Å²) in [5.41, 5.74) is 8.45. The molecule has 0 N–H and O–H groups in total. The minimum atomic E-state index is -1.14. The Morgan fingerprint density at radius 2 is 2.12 bits per heavy atom. The van der Waals surface area contributed by atoms with Gasteiger partial charge in [0.15, 0.2) is 0 Å². The van der Waals surface area contributed by atoms with Crippen LogP contribution in [0.5, 0.6) is 0 Å². The van der Waals surface area contributed by atoms with Gasteiger partial charge in [0.05, 0.1) is 7.11 Å². The summed E-state index contributed by atoms with van der Waals surface area (Å²) < 4.78 is 4.65. The van der Waals surface area contributed by atoms with E-state index in [1.807, 2.05) is 30.3 Å². The maximum atomic E-state index is 11.6. The van der Waals surface area contributed by atoms with Crippen molar-refractivity contribution in [3.63, 3.8) is 0 Å². The number of methoxy groups -OCH3 is 1. The zero-order valence-electron chi connectivity index (χ0n) is 9.96. The minimum Gasteiger partial charge on any atom is -0.469 e. The summed E-state index contributed by atoms with van der Waals surface area (Å²) in [6, 6.07) is 9.72. The molecule has 0 radical (unpaired) electrons. The van der Waals surface area contributed by atoms with Gasteiger partial charge in [-0.3, -0.25) is 4.79 Å². The van der Waals surface area contributed by atoms with Crippen molar-refractivity contribution in [3.8, 4) is 0 Å². The Morgan fingerprint density at radius 1 is 1.47 bits per heavy atom. The minimum absolute atomic E-state index is 0.424. The number of esters is 1. The lowest BCUT2D eigenvalue weighted by atomic mass is 9.94. The number of carbonyl (C=O) groups excluding carboxylic acids is 1. The summed E-state index contributed by atoms with van der Waals surface area (Å²) in [7, 11) is 1.29. The highest BCUT2D eigenvalue weighted by Gasteiger charge is 2.32. The average molecular weight is 233 g/mol. The Hall–Kier alpha value is -2.00. The smallest absolute Gasteiger partial charge is 0.317 e. The molecule has 1 aromatic carbocycles. The molecule has 0 saturated carbocycles. The van der Waals surface area contributed by atoms with Crippen LogP contribution in [0.15, 0.2) is 35.4 Å². The third-order valence-corrected chi connectivity index (χ3v) is 2.63. The quantitative estimate of drug-likeness (QED) is 0.339. The molecule has 0 bridgehead atoms. The molecule has 0 aliphatic carbocycles. The maximum absolute atomic E-state index is 11.6. The van der Waals surface area contributed by atoms with E-state index in [1.165, 1.54) is 7.11 Å². The largest absolute Gasteiger partial charge is 0.469 e. The molecule has 0 unspecified atom stereocenters. The van der Waals surface area contributed by atoms with Gasteiger partial charge in [-0.2, -0.15) is 0 Å². The summed E-state index contributed by atoms with van der Waals surface area (Å²) in [6.07, 6.45) is 1.08. The Kier molecular flexibility index (Phi) is 4.55. The van der Waals surface area contributed by atoms with Crippen molar-refractivity contribution in [1.82, 2.24) is 0 Å². The van der Waals surface area contributed by atoms with Gasteiger partial charge in [0, 0.05) is 4.91 Å². The van der Waals surface area contributed by atoms with E-state index >= 15 is 0 Å². The van der Waals surface area contributed by atoms with Gasteiger partial charge in [0.1, 0.15) is 5.54 Å². The van der Waals surface area contributed by atoms with Gasteiger partial charge in [-0.05, 0) is 30.9 Å². The molecule has 1 atom stereocenters. The molecule has 1 aromatic rings. The average Bonchev–Trinajstić information content (AvgIpc) is 2.37. The normalized spacial score (nSPS) is 13.3. The molecule has 0 saturated heterocycles. The van der Waals surface area contributed by atoms with Crippen LogP contribution in [0, 0.1) is 0 Å². The lowest BCUT2D eigenvalue weighted by molar-refractivity contribution is -0.146. The molecule has 0 spiro atoms. The molecule has 90 valence electrons. The van der Waals surface area contributed by atoms with Crippen LogP contribution in [0.2, 0.25) is 0 Å². The molecular weight excluding hydrogens is 218 g/mol. The van der Waals surface area contributed by atoms with Crippen LogP contribution >= 0.6 is 0 Å². The number of ether oxygens (including phenoxy) is 1. The third kappa shape index (κ3) is 3.50. The molecule has 5 heteroatoms. The van der Waals surface area contributed by atoms with Crippen LogP contribution in [-0.2, 0) is 16.0 Å². The SMILES string of the molecule is COC(=O)[C@](C)(CCc1ccccc1)N=[N+]=[N-]. The van der Waals surface area contributed by atoms with E-state index < -0.39 is 11.5 Å². The van der Waals surface area contributed by atoms with Gasteiger partial charge >= 0.3 is 5.97 Å². The van der Waals surface area contributed by atoms with Crippen molar-refractivity contribution >= 4 is 5.97 Å². The number of hydrogen-bond donors (Lipinski definition) is 0.